The quantitative estimate of drug-likeness (QED) is 0.309. The summed E-state index contributed by atoms with van der Waals surface area (Å²) >= 11 is 3.83. The molecule has 0 aromatic heterocycles. The first kappa shape index (κ1) is 23.3. The SMILES string of the molecule is C=C(CC)c1ccc(CN(SCCCN2CCN(SC)CC2)c2ccccc2)cc1. The summed E-state index contributed by atoms with van der Waals surface area (Å²) in [4.78, 5) is 2.61. The van der Waals surface area contributed by atoms with Crippen LogP contribution in [0, 0.1) is 0 Å². The molecule has 1 heterocycles. The molecule has 1 aliphatic heterocycles. The van der Waals surface area contributed by atoms with Gasteiger partial charge in [0.15, 0.2) is 0 Å². The van der Waals surface area contributed by atoms with Crippen LogP contribution >= 0.6 is 23.9 Å². The lowest BCUT2D eigenvalue weighted by Crippen LogP contribution is -2.43. The largest absolute Gasteiger partial charge is 0.312 e. The summed E-state index contributed by atoms with van der Waals surface area (Å²) in [5.41, 5.74) is 5.07. The minimum absolute atomic E-state index is 0.917. The fourth-order valence-electron chi connectivity index (χ4n) is 3.62. The van der Waals surface area contributed by atoms with E-state index in [1.54, 1.807) is 0 Å². The molecular weight excluding hydrogens is 406 g/mol. The number of hydrogen-bond acceptors (Lipinski definition) is 5. The maximum atomic E-state index is 4.16. The van der Waals surface area contributed by atoms with Gasteiger partial charge in [0, 0.05) is 37.6 Å². The van der Waals surface area contributed by atoms with Crippen LogP contribution in [0.5, 0.6) is 0 Å². The molecule has 0 unspecified atom stereocenters. The van der Waals surface area contributed by atoms with Gasteiger partial charge in [0.25, 0.3) is 0 Å². The summed E-state index contributed by atoms with van der Waals surface area (Å²) in [7, 11) is 0. The van der Waals surface area contributed by atoms with Crippen molar-refractivity contribution in [3.05, 3.63) is 72.3 Å². The van der Waals surface area contributed by atoms with Crippen LogP contribution in [-0.2, 0) is 6.54 Å². The molecule has 5 heteroatoms. The Morgan fingerprint density at radius 1 is 1.00 bits per heavy atom. The number of rotatable bonds is 11. The highest BCUT2D eigenvalue weighted by Crippen LogP contribution is 2.26. The maximum absolute atomic E-state index is 4.16. The van der Waals surface area contributed by atoms with Gasteiger partial charge in [-0.25, -0.2) is 4.31 Å². The predicted octanol–water partition coefficient (Wildman–Crippen LogP) is 6.05. The van der Waals surface area contributed by atoms with E-state index in [0.717, 1.165) is 18.7 Å². The van der Waals surface area contributed by atoms with Gasteiger partial charge in [-0.3, -0.25) is 0 Å². The zero-order valence-corrected chi connectivity index (χ0v) is 20.1. The van der Waals surface area contributed by atoms with Crippen LogP contribution in [0.2, 0.25) is 0 Å². The van der Waals surface area contributed by atoms with Crippen LogP contribution in [0.15, 0.2) is 61.2 Å². The van der Waals surface area contributed by atoms with E-state index in [9.17, 15) is 0 Å². The third-order valence-electron chi connectivity index (χ3n) is 5.61. The van der Waals surface area contributed by atoms with E-state index < -0.39 is 0 Å². The second kappa shape index (κ2) is 12.5. The molecule has 0 atom stereocenters. The van der Waals surface area contributed by atoms with Crippen molar-refractivity contribution in [2.24, 2.45) is 0 Å². The van der Waals surface area contributed by atoms with E-state index in [-0.39, 0.29) is 0 Å². The number of piperazine rings is 1. The number of hydrogen-bond donors (Lipinski definition) is 0. The van der Waals surface area contributed by atoms with Crippen LogP contribution in [0.4, 0.5) is 5.69 Å². The van der Waals surface area contributed by atoms with Crippen LogP contribution in [0.1, 0.15) is 30.9 Å². The molecule has 0 N–H and O–H groups in total. The van der Waals surface area contributed by atoms with Crippen molar-refractivity contribution >= 4 is 35.2 Å². The van der Waals surface area contributed by atoms with Gasteiger partial charge in [-0.2, -0.15) is 0 Å². The molecule has 2 aromatic carbocycles. The molecule has 1 aliphatic rings. The molecule has 1 saturated heterocycles. The highest BCUT2D eigenvalue weighted by Gasteiger charge is 2.16. The highest BCUT2D eigenvalue weighted by molar-refractivity contribution is 8.00. The topological polar surface area (TPSA) is 9.72 Å². The zero-order chi connectivity index (χ0) is 21.2. The molecule has 0 aliphatic carbocycles. The second-order valence-electron chi connectivity index (χ2n) is 7.67. The Morgan fingerprint density at radius 3 is 2.33 bits per heavy atom. The molecule has 0 spiro atoms. The minimum Gasteiger partial charge on any atom is -0.312 e. The average Bonchev–Trinajstić information content (AvgIpc) is 2.82. The van der Waals surface area contributed by atoms with E-state index in [4.69, 9.17) is 0 Å². The monoisotopic (exact) mass is 441 g/mol. The lowest BCUT2D eigenvalue weighted by molar-refractivity contribution is 0.197. The molecule has 0 bridgehead atoms. The van der Waals surface area contributed by atoms with Gasteiger partial charge in [-0.05, 0) is 66.4 Å². The number of nitrogens with zero attached hydrogens (tertiary/aromatic N) is 3. The van der Waals surface area contributed by atoms with Crippen molar-refractivity contribution in [3.8, 4) is 0 Å². The number of anilines is 1. The summed E-state index contributed by atoms with van der Waals surface area (Å²) in [6.45, 7) is 13.2. The van der Waals surface area contributed by atoms with Crippen molar-refractivity contribution in [1.82, 2.24) is 9.21 Å². The average molecular weight is 442 g/mol. The number of allylic oxidation sites excluding steroid dienone is 1. The summed E-state index contributed by atoms with van der Waals surface area (Å²) in [5, 5.41) is 0. The lowest BCUT2D eigenvalue weighted by Gasteiger charge is -2.33. The fraction of sp³-hybridized carbons (Fsp3) is 0.440. The Balaban J connectivity index is 1.52. The first-order valence-electron chi connectivity index (χ1n) is 10.9. The van der Waals surface area contributed by atoms with Crippen molar-refractivity contribution in [3.63, 3.8) is 0 Å². The van der Waals surface area contributed by atoms with Gasteiger partial charge in [-0.15, -0.1) is 0 Å². The fourth-order valence-corrected chi connectivity index (χ4v) is 5.14. The molecule has 3 nitrogen and oxygen atoms in total. The van der Waals surface area contributed by atoms with E-state index in [1.807, 2.05) is 23.9 Å². The van der Waals surface area contributed by atoms with Crippen LogP contribution in [-0.4, -0.2) is 53.9 Å². The smallest absolute Gasteiger partial charge is 0.0546 e. The number of para-hydroxylation sites is 1. The van der Waals surface area contributed by atoms with Crippen molar-refractivity contribution in [2.45, 2.75) is 26.3 Å². The van der Waals surface area contributed by atoms with Crippen molar-refractivity contribution in [2.75, 3.05) is 49.0 Å². The summed E-state index contributed by atoms with van der Waals surface area (Å²) < 4.78 is 4.90. The molecular formula is C25H35N3S2. The standard InChI is InChI=1S/C25H35N3S2/c1-4-22(2)24-13-11-23(12-14-24)21-28(25-9-6-5-7-10-25)30-20-8-15-26-16-18-27(29-3)19-17-26/h5-7,9-14H,2,4,8,15-21H2,1,3H3. The van der Waals surface area contributed by atoms with Crippen molar-refractivity contribution < 1.29 is 0 Å². The minimum atomic E-state index is 0.917. The van der Waals surface area contributed by atoms with Gasteiger partial charge in [-0.1, -0.05) is 67.9 Å². The van der Waals surface area contributed by atoms with Gasteiger partial charge in [0.1, 0.15) is 0 Å². The molecule has 1 fully saturated rings. The summed E-state index contributed by atoms with van der Waals surface area (Å²) in [5.74, 6) is 1.14. The van der Waals surface area contributed by atoms with Gasteiger partial charge in [0.2, 0.25) is 0 Å². The van der Waals surface area contributed by atoms with E-state index in [1.165, 1.54) is 61.5 Å². The van der Waals surface area contributed by atoms with Gasteiger partial charge in [0.05, 0.1) is 6.54 Å². The van der Waals surface area contributed by atoms with Gasteiger partial charge < -0.3 is 9.21 Å². The van der Waals surface area contributed by atoms with Gasteiger partial charge >= 0.3 is 0 Å². The molecule has 162 valence electrons. The third kappa shape index (κ3) is 7.09. The predicted molar refractivity (Wildman–Crippen MR) is 137 cm³/mol. The Morgan fingerprint density at radius 2 is 1.70 bits per heavy atom. The summed E-state index contributed by atoms with van der Waals surface area (Å²) in [6.07, 6.45) is 4.40. The Hall–Kier alpha value is -1.40. The third-order valence-corrected chi connectivity index (χ3v) is 7.62. The molecule has 0 amide bonds. The van der Waals surface area contributed by atoms with Crippen LogP contribution in [0.3, 0.4) is 0 Å². The normalized spacial score (nSPS) is 15.3. The molecule has 0 radical (unpaired) electrons. The maximum Gasteiger partial charge on any atom is 0.0546 e. The Bertz CT molecular complexity index is 756. The Labute approximate surface area is 191 Å². The second-order valence-corrected chi connectivity index (χ2v) is 9.65. The van der Waals surface area contributed by atoms with E-state index >= 15 is 0 Å². The first-order valence-corrected chi connectivity index (χ1v) is 13.1. The van der Waals surface area contributed by atoms with E-state index in [2.05, 4.69) is 87.9 Å². The molecule has 3 rings (SSSR count). The first-order chi connectivity index (χ1) is 14.7. The molecule has 30 heavy (non-hydrogen) atoms. The van der Waals surface area contributed by atoms with Crippen molar-refractivity contribution in [1.29, 1.82) is 0 Å². The zero-order valence-electron chi connectivity index (χ0n) is 18.4. The highest BCUT2D eigenvalue weighted by atomic mass is 32.2. The molecule has 0 saturated carbocycles. The number of benzene rings is 2. The lowest BCUT2D eigenvalue weighted by atomic mass is 10.0. The van der Waals surface area contributed by atoms with Crippen LogP contribution in [0.25, 0.3) is 5.57 Å². The summed E-state index contributed by atoms with van der Waals surface area (Å²) in [6, 6.07) is 19.7. The van der Waals surface area contributed by atoms with E-state index in [0.29, 0.717) is 0 Å². The molecule has 2 aromatic rings. The Kier molecular flexibility index (Phi) is 9.66. The van der Waals surface area contributed by atoms with Crippen LogP contribution < -0.4 is 4.31 Å².